The highest BCUT2D eigenvalue weighted by Gasteiger charge is 2.47. The van der Waals surface area contributed by atoms with E-state index in [-0.39, 0.29) is 5.60 Å². The van der Waals surface area contributed by atoms with Crippen molar-refractivity contribution in [1.82, 2.24) is 4.90 Å². The van der Waals surface area contributed by atoms with Crippen molar-refractivity contribution in [3.05, 3.63) is 0 Å². The minimum absolute atomic E-state index is 0.254. The zero-order chi connectivity index (χ0) is 12.8. The number of β-amino-alcohol motifs (C(OH)–C–C–N with tert-alkyl or cyclic N) is 1. The van der Waals surface area contributed by atoms with Crippen molar-refractivity contribution in [3.63, 3.8) is 0 Å². The molecule has 0 aromatic heterocycles. The van der Waals surface area contributed by atoms with E-state index in [0.717, 1.165) is 19.6 Å². The molecule has 1 aliphatic carbocycles. The van der Waals surface area contributed by atoms with Crippen LogP contribution in [0.4, 0.5) is 0 Å². The normalized spacial score (nSPS) is 34.3. The van der Waals surface area contributed by atoms with Gasteiger partial charge in [0.1, 0.15) is 0 Å². The van der Waals surface area contributed by atoms with Gasteiger partial charge in [0.2, 0.25) is 0 Å². The number of aliphatic hydroxyl groups is 1. The van der Waals surface area contributed by atoms with Crippen LogP contribution in [0, 0.1) is 5.92 Å². The van der Waals surface area contributed by atoms with E-state index in [9.17, 15) is 5.11 Å². The van der Waals surface area contributed by atoms with Crippen LogP contribution in [-0.4, -0.2) is 46.9 Å². The minimum atomic E-state index is -0.441. The monoisotopic (exact) mass is 253 g/mol. The zero-order valence-corrected chi connectivity index (χ0v) is 11.8. The Morgan fingerprint density at radius 2 is 1.89 bits per heavy atom. The molecule has 3 aliphatic rings. The van der Waals surface area contributed by atoms with E-state index in [4.69, 9.17) is 4.74 Å². The highest BCUT2D eigenvalue weighted by Crippen LogP contribution is 2.43. The number of hydrogen-bond donors (Lipinski definition) is 1. The second-order valence-electron chi connectivity index (χ2n) is 7.10. The lowest BCUT2D eigenvalue weighted by Gasteiger charge is -2.49. The molecule has 1 atom stereocenters. The van der Waals surface area contributed by atoms with Crippen molar-refractivity contribution in [2.24, 2.45) is 5.92 Å². The van der Waals surface area contributed by atoms with Gasteiger partial charge in [-0.3, -0.25) is 4.90 Å². The van der Waals surface area contributed by atoms with Gasteiger partial charge in [0.05, 0.1) is 17.3 Å². The van der Waals surface area contributed by atoms with Crippen molar-refractivity contribution in [3.8, 4) is 0 Å². The molecule has 3 nitrogen and oxygen atoms in total. The van der Waals surface area contributed by atoms with Gasteiger partial charge < -0.3 is 9.84 Å². The molecule has 1 spiro atoms. The summed E-state index contributed by atoms with van der Waals surface area (Å²) >= 11 is 0. The smallest absolute Gasteiger partial charge is 0.0922 e. The molecule has 3 heteroatoms. The summed E-state index contributed by atoms with van der Waals surface area (Å²) in [5.74, 6) is 0.361. The molecular weight excluding hydrogens is 226 g/mol. The van der Waals surface area contributed by atoms with Gasteiger partial charge >= 0.3 is 0 Å². The highest BCUT2D eigenvalue weighted by molar-refractivity contribution is 5.00. The third-order valence-corrected chi connectivity index (χ3v) is 5.38. The Kier molecular flexibility index (Phi) is 3.20. The van der Waals surface area contributed by atoms with E-state index in [1.165, 1.54) is 38.5 Å². The zero-order valence-electron chi connectivity index (χ0n) is 11.8. The van der Waals surface area contributed by atoms with Gasteiger partial charge in [-0.2, -0.15) is 0 Å². The first-order valence-corrected chi connectivity index (χ1v) is 7.64. The van der Waals surface area contributed by atoms with E-state index in [1.54, 1.807) is 0 Å². The molecule has 3 fully saturated rings. The first-order valence-electron chi connectivity index (χ1n) is 7.64. The van der Waals surface area contributed by atoms with Crippen LogP contribution in [0.2, 0.25) is 0 Å². The van der Waals surface area contributed by atoms with Gasteiger partial charge in [0, 0.05) is 19.6 Å². The predicted molar refractivity (Wildman–Crippen MR) is 71.5 cm³/mol. The van der Waals surface area contributed by atoms with Gasteiger partial charge in [-0.15, -0.1) is 0 Å². The van der Waals surface area contributed by atoms with Crippen LogP contribution in [0.25, 0.3) is 0 Å². The lowest BCUT2D eigenvalue weighted by molar-refractivity contribution is -0.143. The second kappa shape index (κ2) is 4.46. The van der Waals surface area contributed by atoms with Crippen molar-refractivity contribution in [2.75, 3.05) is 19.6 Å². The Balaban J connectivity index is 1.46. The van der Waals surface area contributed by atoms with Gasteiger partial charge in [0.25, 0.3) is 0 Å². The lowest BCUT2D eigenvalue weighted by Crippen LogP contribution is -2.65. The maximum Gasteiger partial charge on any atom is 0.0922 e. The van der Waals surface area contributed by atoms with Crippen molar-refractivity contribution in [1.29, 1.82) is 0 Å². The Labute approximate surface area is 110 Å². The molecule has 1 N–H and O–H groups in total. The Hall–Kier alpha value is -0.120. The van der Waals surface area contributed by atoms with E-state index in [0.29, 0.717) is 12.0 Å². The molecule has 1 unspecified atom stereocenters. The largest absolute Gasteiger partial charge is 0.387 e. The van der Waals surface area contributed by atoms with Gasteiger partial charge in [-0.25, -0.2) is 0 Å². The van der Waals surface area contributed by atoms with Crippen LogP contribution in [0.15, 0.2) is 0 Å². The fourth-order valence-electron chi connectivity index (χ4n) is 3.92. The molecule has 0 amide bonds. The quantitative estimate of drug-likeness (QED) is 0.837. The highest BCUT2D eigenvalue weighted by atomic mass is 16.5. The maximum atomic E-state index is 10.3. The molecule has 1 saturated carbocycles. The molecule has 2 aliphatic heterocycles. The molecule has 104 valence electrons. The molecule has 0 aromatic carbocycles. The first-order chi connectivity index (χ1) is 8.51. The summed E-state index contributed by atoms with van der Waals surface area (Å²) in [5, 5.41) is 10.3. The first kappa shape index (κ1) is 12.9. The third kappa shape index (κ3) is 2.21. The van der Waals surface area contributed by atoms with Crippen LogP contribution in [0.3, 0.4) is 0 Å². The van der Waals surface area contributed by atoms with Gasteiger partial charge in [-0.1, -0.05) is 26.7 Å². The summed E-state index contributed by atoms with van der Waals surface area (Å²) < 4.78 is 6.32. The molecule has 0 bridgehead atoms. The number of ether oxygens (including phenoxy) is 1. The number of nitrogens with zero attached hydrogens (tertiary/aromatic N) is 1. The Morgan fingerprint density at radius 1 is 1.22 bits per heavy atom. The number of hydrogen-bond acceptors (Lipinski definition) is 3. The fourth-order valence-corrected chi connectivity index (χ4v) is 3.92. The molecule has 0 aromatic rings. The van der Waals surface area contributed by atoms with Gasteiger partial charge in [0.15, 0.2) is 0 Å². The summed E-state index contributed by atoms with van der Waals surface area (Å²) in [5.41, 5.74) is -0.187. The summed E-state index contributed by atoms with van der Waals surface area (Å²) in [6, 6.07) is 0. The van der Waals surface area contributed by atoms with Crippen LogP contribution < -0.4 is 0 Å². The minimum Gasteiger partial charge on any atom is -0.387 e. The third-order valence-electron chi connectivity index (χ3n) is 5.38. The molecule has 18 heavy (non-hydrogen) atoms. The van der Waals surface area contributed by atoms with Crippen LogP contribution >= 0.6 is 0 Å². The topological polar surface area (TPSA) is 32.7 Å². The molecular formula is C15H27NO2. The SMILES string of the molecule is CC(C)C1(O)CN(CC2CCC3(CCCC3)O2)C1. The number of rotatable bonds is 3. The van der Waals surface area contributed by atoms with E-state index in [2.05, 4.69) is 18.7 Å². The van der Waals surface area contributed by atoms with Crippen molar-refractivity contribution < 1.29 is 9.84 Å². The van der Waals surface area contributed by atoms with Crippen molar-refractivity contribution >= 4 is 0 Å². The van der Waals surface area contributed by atoms with Crippen LogP contribution in [0.1, 0.15) is 52.4 Å². The maximum absolute atomic E-state index is 10.3. The standard InChI is InChI=1S/C15H27NO2/c1-12(2)15(17)10-16(11-15)9-13-5-8-14(18-13)6-3-4-7-14/h12-13,17H,3-11H2,1-2H3. The average Bonchev–Trinajstić information content (AvgIpc) is 2.87. The Bertz CT molecular complexity index is 304. The van der Waals surface area contributed by atoms with Gasteiger partial charge in [-0.05, 0) is 31.6 Å². The van der Waals surface area contributed by atoms with E-state index < -0.39 is 5.60 Å². The Morgan fingerprint density at radius 3 is 2.50 bits per heavy atom. The predicted octanol–water partition coefficient (Wildman–Crippen LogP) is 2.18. The van der Waals surface area contributed by atoms with E-state index >= 15 is 0 Å². The fraction of sp³-hybridized carbons (Fsp3) is 1.00. The molecule has 3 rings (SSSR count). The second-order valence-corrected chi connectivity index (χ2v) is 7.10. The van der Waals surface area contributed by atoms with Crippen LogP contribution in [-0.2, 0) is 4.74 Å². The lowest BCUT2D eigenvalue weighted by atomic mass is 9.83. The average molecular weight is 253 g/mol. The van der Waals surface area contributed by atoms with Crippen LogP contribution in [0.5, 0.6) is 0 Å². The summed E-state index contributed by atoms with van der Waals surface area (Å²) in [4.78, 5) is 2.36. The number of likely N-dealkylation sites (tertiary alicyclic amines) is 1. The molecule has 0 radical (unpaired) electrons. The molecule has 2 heterocycles. The summed E-state index contributed by atoms with van der Waals surface area (Å²) in [6.07, 6.45) is 8.16. The molecule has 2 saturated heterocycles. The summed E-state index contributed by atoms with van der Waals surface area (Å²) in [7, 11) is 0. The van der Waals surface area contributed by atoms with Crippen molar-refractivity contribution in [2.45, 2.75) is 69.7 Å². The van der Waals surface area contributed by atoms with E-state index in [1.807, 2.05) is 0 Å². The summed E-state index contributed by atoms with van der Waals surface area (Å²) in [6.45, 7) is 6.90.